The number of aromatic nitrogens is 5. The van der Waals surface area contributed by atoms with Crippen molar-refractivity contribution in [2.45, 2.75) is 13.5 Å². The Balaban J connectivity index is 1.64. The average molecular weight is 422 g/mol. The second kappa shape index (κ2) is 8.68. The SMILES string of the molecule is CCNc1ncc2c(n1)N(C)CCN(c1cccc(-n3cc(CN(C)C)nn3)c1)C2=O. The molecular formula is C21H27N9O. The second-order valence-corrected chi connectivity index (χ2v) is 7.75. The molecular weight excluding hydrogens is 394 g/mol. The molecule has 10 nitrogen and oxygen atoms in total. The third kappa shape index (κ3) is 4.33. The number of fused-ring (bicyclic) bond motifs is 1. The van der Waals surface area contributed by atoms with Gasteiger partial charge in [-0.2, -0.15) is 4.98 Å². The molecule has 0 bridgehead atoms. The quantitative estimate of drug-likeness (QED) is 0.642. The van der Waals surface area contributed by atoms with E-state index in [-0.39, 0.29) is 5.91 Å². The Morgan fingerprint density at radius 1 is 1.19 bits per heavy atom. The number of carbonyl (C=O) groups is 1. The van der Waals surface area contributed by atoms with E-state index in [9.17, 15) is 4.79 Å². The Kier molecular flexibility index (Phi) is 5.81. The van der Waals surface area contributed by atoms with Gasteiger partial charge >= 0.3 is 0 Å². The lowest BCUT2D eigenvalue weighted by atomic mass is 10.2. The monoisotopic (exact) mass is 421 g/mol. The van der Waals surface area contributed by atoms with Crippen LogP contribution in [0.25, 0.3) is 5.69 Å². The van der Waals surface area contributed by atoms with Crippen LogP contribution in [0.1, 0.15) is 23.0 Å². The Morgan fingerprint density at radius 2 is 2.00 bits per heavy atom. The minimum Gasteiger partial charge on any atom is -0.357 e. The standard InChI is InChI=1S/C21H27N9O/c1-5-22-21-23-12-18-19(24-21)28(4)9-10-29(20(18)31)16-7-6-8-17(11-16)30-14-15(25-26-30)13-27(2)3/h6-8,11-12,14H,5,9-10,13H2,1-4H3,(H,22,23,24). The first-order chi connectivity index (χ1) is 15.0. The van der Waals surface area contributed by atoms with Crippen molar-refractivity contribution in [1.82, 2.24) is 29.9 Å². The molecule has 2 aromatic heterocycles. The number of anilines is 3. The third-order valence-corrected chi connectivity index (χ3v) is 5.02. The molecule has 1 aliphatic heterocycles. The third-order valence-electron chi connectivity index (χ3n) is 5.02. The number of likely N-dealkylation sites (N-methyl/N-ethyl adjacent to an activating group) is 1. The number of hydrogen-bond donors (Lipinski definition) is 1. The molecule has 0 saturated carbocycles. The lowest BCUT2D eigenvalue weighted by molar-refractivity contribution is 0.0989. The number of rotatable bonds is 6. The van der Waals surface area contributed by atoms with E-state index in [2.05, 4.69) is 25.6 Å². The Labute approximate surface area is 181 Å². The summed E-state index contributed by atoms with van der Waals surface area (Å²) in [5.41, 5.74) is 3.01. The minimum absolute atomic E-state index is 0.119. The fraction of sp³-hybridized carbons (Fsp3) is 0.381. The van der Waals surface area contributed by atoms with Gasteiger partial charge in [0.1, 0.15) is 11.4 Å². The van der Waals surface area contributed by atoms with E-state index >= 15 is 0 Å². The fourth-order valence-corrected chi connectivity index (χ4v) is 3.53. The van der Waals surface area contributed by atoms with Crippen LogP contribution in [0.5, 0.6) is 0 Å². The summed E-state index contributed by atoms with van der Waals surface area (Å²) in [6.07, 6.45) is 3.51. The number of carbonyl (C=O) groups excluding carboxylic acids is 1. The molecule has 4 rings (SSSR count). The van der Waals surface area contributed by atoms with Gasteiger partial charge in [-0.25, -0.2) is 9.67 Å². The summed E-state index contributed by atoms with van der Waals surface area (Å²) in [4.78, 5) is 28.0. The van der Waals surface area contributed by atoms with Crippen molar-refractivity contribution in [2.75, 3.05) is 55.9 Å². The van der Waals surface area contributed by atoms with E-state index in [0.717, 1.165) is 17.1 Å². The molecule has 0 atom stereocenters. The Morgan fingerprint density at radius 3 is 2.77 bits per heavy atom. The zero-order valence-corrected chi connectivity index (χ0v) is 18.3. The lowest BCUT2D eigenvalue weighted by Crippen LogP contribution is -2.33. The van der Waals surface area contributed by atoms with Crippen molar-refractivity contribution >= 4 is 23.4 Å². The zero-order chi connectivity index (χ0) is 22.0. The topological polar surface area (TPSA) is 95.3 Å². The van der Waals surface area contributed by atoms with Gasteiger partial charge in [0.2, 0.25) is 5.95 Å². The predicted molar refractivity (Wildman–Crippen MR) is 120 cm³/mol. The second-order valence-electron chi connectivity index (χ2n) is 7.75. The first-order valence-corrected chi connectivity index (χ1v) is 10.3. The van der Waals surface area contributed by atoms with Crippen LogP contribution >= 0.6 is 0 Å². The van der Waals surface area contributed by atoms with Crippen molar-refractivity contribution in [3.8, 4) is 5.69 Å². The molecule has 0 radical (unpaired) electrons. The van der Waals surface area contributed by atoms with Crippen LogP contribution in [0, 0.1) is 0 Å². The van der Waals surface area contributed by atoms with Gasteiger partial charge in [-0.1, -0.05) is 11.3 Å². The van der Waals surface area contributed by atoms with Crippen molar-refractivity contribution in [2.24, 2.45) is 0 Å². The molecule has 31 heavy (non-hydrogen) atoms. The lowest BCUT2D eigenvalue weighted by Gasteiger charge is -2.21. The van der Waals surface area contributed by atoms with E-state index < -0.39 is 0 Å². The number of nitrogens with zero attached hydrogens (tertiary/aromatic N) is 8. The summed E-state index contributed by atoms with van der Waals surface area (Å²) in [5, 5.41) is 11.6. The van der Waals surface area contributed by atoms with Crippen molar-refractivity contribution in [1.29, 1.82) is 0 Å². The van der Waals surface area contributed by atoms with Crippen LogP contribution in [-0.2, 0) is 6.54 Å². The molecule has 1 aliphatic rings. The highest BCUT2D eigenvalue weighted by molar-refractivity contribution is 6.09. The maximum atomic E-state index is 13.4. The van der Waals surface area contributed by atoms with Gasteiger partial charge in [-0.15, -0.1) is 5.10 Å². The normalized spacial score (nSPS) is 14.0. The Bertz CT molecular complexity index is 1080. The first kappa shape index (κ1) is 20.7. The van der Waals surface area contributed by atoms with Gasteiger partial charge in [0.05, 0.1) is 17.6 Å². The predicted octanol–water partition coefficient (Wildman–Crippen LogP) is 1.65. The smallest absolute Gasteiger partial charge is 0.263 e. The average Bonchev–Trinajstić information content (AvgIpc) is 3.17. The summed E-state index contributed by atoms with van der Waals surface area (Å²) in [6, 6.07) is 7.75. The van der Waals surface area contributed by atoms with Gasteiger partial charge in [0.25, 0.3) is 5.91 Å². The minimum atomic E-state index is -0.119. The molecule has 0 aliphatic carbocycles. The van der Waals surface area contributed by atoms with Crippen LogP contribution in [-0.4, -0.2) is 76.5 Å². The van der Waals surface area contributed by atoms with Crippen LogP contribution in [0.15, 0.2) is 36.7 Å². The molecule has 0 fully saturated rings. The van der Waals surface area contributed by atoms with E-state index in [1.165, 1.54) is 0 Å². The molecule has 162 valence electrons. The molecule has 1 amide bonds. The maximum Gasteiger partial charge on any atom is 0.263 e. The summed E-state index contributed by atoms with van der Waals surface area (Å²) in [7, 11) is 5.92. The highest BCUT2D eigenvalue weighted by Gasteiger charge is 2.28. The first-order valence-electron chi connectivity index (χ1n) is 10.3. The summed E-state index contributed by atoms with van der Waals surface area (Å²) >= 11 is 0. The van der Waals surface area contributed by atoms with Crippen LogP contribution in [0.3, 0.4) is 0 Å². The molecule has 1 N–H and O–H groups in total. The van der Waals surface area contributed by atoms with Crippen LogP contribution in [0.2, 0.25) is 0 Å². The van der Waals surface area contributed by atoms with Crippen molar-refractivity contribution in [3.63, 3.8) is 0 Å². The molecule has 10 heteroatoms. The zero-order valence-electron chi connectivity index (χ0n) is 18.3. The molecule has 3 aromatic rings. The summed E-state index contributed by atoms with van der Waals surface area (Å²) in [5.74, 6) is 1.04. The maximum absolute atomic E-state index is 13.4. The number of hydrogen-bond acceptors (Lipinski definition) is 8. The van der Waals surface area contributed by atoms with Gasteiger partial charge in [-0.3, -0.25) is 4.79 Å². The van der Waals surface area contributed by atoms with Gasteiger partial charge in [-0.05, 0) is 39.2 Å². The Hall–Kier alpha value is -3.53. The highest BCUT2D eigenvalue weighted by Crippen LogP contribution is 2.27. The van der Waals surface area contributed by atoms with E-state index in [4.69, 9.17) is 0 Å². The molecule has 3 heterocycles. The molecule has 0 unspecified atom stereocenters. The largest absolute Gasteiger partial charge is 0.357 e. The van der Waals surface area contributed by atoms with Gasteiger partial charge in [0, 0.05) is 45.1 Å². The van der Waals surface area contributed by atoms with E-state index in [1.54, 1.807) is 15.8 Å². The fourth-order valence-electron chi connectivity index (χ4n) is 3.53. The van der Waals surface area contributed by atoms with Crippen molar-refractivity contribution < 1.29 is 4.79 Å². The van der Waals surface area contributed by atoms with Crippen LogP contribution in [0.4, 0.5) is 17.5 Å². The number of benzene rings is 1. The van der Waals surface area contributed by atoms with E-state index in [1.807, 2.05) is 68.3 Å². The van der Waals surface area contributed by atoms with Gasteiger partial charge in [0.15, 0.2) is 0 Å². The number of nitrogens with one attached hydrogen (secondary N) is 1. The summed E-state index contributed by atoms with van der Waals surface area (Å²) in [6.45, 7) is 4.60. The summed E-state index contributed by atoms with van der Waals surface area (Å²) < 4.78 is 1.73. The van der Waals surface area contributed by atoms with Gasteiger partial charge < -0.3 is 20.0 Å². The van der Waals surface area contributed by atoms with Crippen LogP contribution < -0.4 is 15.1 Å². The van der Waals surface area contributed by atoms with E-state index in [0.29, 0.717) is 43.5 Å². The van der Waals surface area contributed by atoms with Crippen molar-refractivity contribution in [3.05, 3.63) is 47.9 Å². The molecule has 0 spiro atoms. The molecule has 0 saturated heterocycles. The number of amides is 1. The molecule has 1 aromatic carbocycles. The highest BCUT2D eigenvalue weighted by atomic mass is 16.2.